The lowest BCUT2D eigenvalue weighted by Crippen LogP contribution is -2.42. The summed E-state index contributed by atoms with van der Waals surface area (Å²) in [5.74, 6) is -1.71. The number of rotatable bonds is 6. The van der Waals surface area contributed by atoms with Crippen molar-refractivity contribution in [3.63, 3.8) is 0 Å². The number of halogens is 6. The van der Waals surface area contributed by atoms with Crippen LogP contribution < -0.4 is 0 Å². The maximum Gasteiger partial charge on any atom is 0.323 e. The Morgan fingerprint density at radius 1 is 0.762 bits per heavy atom. The van der Waals surface area contributed by atoms with Crippen LogP contribution in [0.1, 0.15) is 26.7 Å². The van der Waals surface area contributed by atoms with Crippen molar-refractivity contribution in [1.82, 2.24) is 0 Å². The fourth-order valence-electron chi connectivity index (χ4n) is 1.48. The quantitative estimate of drug-likeness (QED) is 0.356. The van der Waals surface area contributed by atoms with Gasteiger partial charge in [0.2, 0.25) is 7.59 Å². The van der Waals surface area contributed by atoms with Crippen molar-refractivity contribution < 1.29 is 19.1 Å². The van der Waals surface area contributed by atoms with Gasteiger partial charge in [-0.2, -0.15) is 0 Å². The molecular formula is C11H14Cl6O4. The monoisotopic (exact) mass is 420 g/mol. The van der Waals surface area contributed by atoms with E-state index in [2.05, 4.69) is 0 Å². The van der Waals surface area contributed by atoms with Crippen LogP contribution in [0.5, 0.6) is 0 Å². The molecule has 0 aromatic heterocycles. The third-order valence-electron chi connectivity index (χ3n) is 2.72. The van der Waals surface area contributed by atoms with Crippen LogP contribution in [0.15, 0.2) is 0 Å². The van der Waals surface area contributed by atoms with Crippen molar-refractivity contribution in [1.29, 1.82) is 0 Å². The van der Waals surface area contributed by atoms with Gasteiger partial charge in [-0.3, -0.25) is 9.59 Å². The average molecular weight is 423 g/mol. The van der Waals surface area contributed by atoms with E-state index in [1.165, 1.54) is 0 Å². The van der Waals surface area contributed by atoms with Gasteiger partial charge in [0.25, 0.3) is 0 Å². The SMILES string of the molecule is CCC(CC)(C(=O)OCC(Cl)(Cl)Cl)C(=O)OCC(Cl)(Cl)Cl. The molecule has 0 saturated heterocycles. The minimum absolute atomic E-state index is 0.126. The third kappa shape index (κ3) is 7.67. The Hall–Kier alpha value is 0.680. The normalized spacial score (nSPS) is 13.0. The Kier molecular flexibility index (Phi) is 8.78. The van der Waals surface area contributed by atoms with Gasteiger partial charge in [0.05, 0.1) is 0 Å². The summed E-state index contributed by atoms with van der Waals surface area (Å²) < 4.78 is 6.20. The van der Waals surface area contributed by atoms with E-state index >= 15 is 0 Å². The van der Waals surface area contributed by atoms with Gasteiger partial charge < -0.3 is 9.47 Å². The summed E-state index contributed by atoms with van der Waals surface area (Å²) in [4.78, 5) is 24.3. The van der Waals surface area contributed by atoms with E-state index < -0.39 is 38.2 Å². The molecule has 0 spiro atoms. The van der Waals surface area contributed by atoms with Crippen LogP contribution in [-0.4, -0.2) is 32.7 Å². The summed E-state index contributed by atoms with van der Waals surface area (Å²) in [5, 5.41) is 0. The first kappa shape index (κ1) is 21.7. The topological polar surface area (TPSA) is 52.6 Å². The summed E-state index contributed by atoms with van der Waals surface area (Å²) in [6.45, 7) is 2.26. The molecule has 0 bridgehead atoms. The molecule has 4 nitrogen and oxygen atoms in total. The summed E-state index contributed by atoms with van der Waals surface area (Å²) in [7, 11) is 0. The van der Waals surface area contributed by atoms with Gasteiger partial charge in [-0.25, -0.2) is 0 Å². The number of carbonyl (C=O) groups excluding carboxylic acids is 2. The molecule has 0 amide bonds. The van der Waals surface area contributed by atoms with Gasteiger partial charge in [0.15, 0.2) is 5.41 Å². The van der Waals surface area contributed by atoms with Gasteiger partial charge in [-0.15, -0.1) is 0 Å². The van der Waals surface area contributed by atoms with Crippen LogP contribution >= 0.6 is 69.6 Å². The van der Waals surface area contributed by atoms with Crippen molar-refractivity contribution in [2.24, 2.45) is 5.41 Å². The predicted octanol–water partition coefficient (Wildman–Crippen LogP) is 4.62. The van der Waals surface area contributed by atoms with E-state index in [-0.39, 0.29) is 12.8 Å². The molecule has 0 N–H and O–H groups in total. The Balaban J connectivity index is 4.97. The largest absolute Gasteiger partial charge is 0.460 e. The van der Waals surface area contributed by atoms with Crippen LogP contribution in [0.2, 0.25) is 0 Å². The molecule has 0 unspecified atom stereocenters. The van der Waals surface area contributed by atoms with Gasteiger partial charge >= 0.3 is 11.9 Å². The standard InChI is InChI=1S/C11H14Cl6O4/c1-3-9(4-2,7(18)20-5-10(12,13)14)8(19)21-6-11(15,16)17/h3-6H2,1-2H3. The number of hydrogen-bond acceptors (Lipinski definition) is 4. The molecule has 0 aromatic carbocycles. The van der Waals surface area contributed by atoms with E-state index in [9.17, 15) is 9.59 Å². The number of hydrogen-bond donors (Lipinski definition) is 0. The highest BCUT2D eigenvalue weighted by Crippen LogP contribution is 2.34. The van der Waals surface area contributed by atoms with Crippen LogP contribution in [0.25, 0.3) is 0 Å². The van der Waals surface area contributed by atoms with Gasteiger partial charge in [-0.1, -0.05) is 83.5 Å². The fraction of sp³-hybridized carbons (Fsp3) is 0.818. The number of carbonyl (C=O) groups is 2. The Morgan fingerprint density at radius 3 is 1.24 bits per heavy atom. The van der Waals surface area contributed by atoms with Crippen LogP contribution in [0.4, 0.5) is 0 Å². The summed E-state index contributed by atoms with van der Waals surface area (Å²) >= 11 is 33.0. The van der Waals surface area contributed by atoms with E-state index in [0.717, 1.165) is 0 Å². The van der Waals surface area contributed by atoms with Crippen molar-refractivity contribution in [2.75, 3.05) is 13.2 Å². The first-order valence-electron chi connectivity index (χ1n) is 5.86. The lowest BCUT2D eigenvalue weighted by Gasteiger charge is -2.28. The molecule has 0 aromatic rings. The lowest BCUT2D eigenvalue weighted by molar-refractivity contribution is -0.173. The third-order valence-corrected chi connectivity index (χ3v) is 3.38. The predicted molar refractivity (Wildman–Crippen MR) is 85.5 cm³/mol. The molecule has 10 heteroatoms. The number of esters is 2. The van der Waals surface area contributed by atoms with Crippen LogP contribution in [0.3, 0.4) is 0 Å². The highest BCUT2D eigenvalue weighted by molar-refractivity contribution is 6.68. The molecule has 0 rings (SSSR count). The van der Waals surface area contributed by atoms with Crippen molar-refractivity contribution in [3.05, 3.63) is 0 Å². The minimum atomic E-state index is -1.77. The molecule has 0 fully saturated rings. The molecule has 0 aliphatic carbocycles. The van der Waals surface area contributed by atoms with E-state index in [4.69, 9.17) is 79.1 Å². The Morgan fingerprint density at radius 2 is 1.05 bits per heavy atom. The van der Waals surface area contributed by atoms with Crippen LogP contribution in [-0.2, 0) is 19.1 Å². The second-order valence-corrected chi connectivity index (χ2v) is 9.20. The maximum atomic E-state index is 12.1. The summed E-state index contributed by atoms with van der Waals surface area (Å²) in [6, 6.07) is 0. The Labute approximate surface area is 153 Å². The van der Waals surface area contributed by atoms with Gasteiger partial charge in [-0.05, 0) is 12.8 Å². The zero-order chi connectivity index (χ0) is 16.9. The lowest BCUT2D eigenvalue weighted by atomic mass is 9.82. The molecule has 0 heterocycles. The van der Waals surface area contributed by atoms with Crippen molar-refractivity contribution in [2.45, 2.75) is 34.3 Å². The zero-order valence-corrected chi connectivity index (χ0v) is 15.8. The highest BCUT2D eigenvalue weighted by atomic mass is 35.6. The summed E-state index contributed by atoms with van der Waals surface area (Å²) in [5.41, 5.74) is -1.54. The molecule has 0 aliphatic heterocycles. The molecule has 0 aliphatic rings. The van der Waals surface area contributed by atoms with Crippen molar-refractivity contribution in [3.8, 4) is 0 Å². The van der Waals surface area contributed by atoms with Gasteiger partial charge in [0.1, 0.15) is 13.2 Å². The molecule has 0 saturated carbocycles. The fourth-order valence-corrected chi connectivity index (χ4v) is 1.81. The second kappa shape index (κ2) is 8.51. The van der Waals surface area contributed by atoms with Gasteiger partial charge in [0, 0.05) is 0 Å². The number of alkyl halides is 6. The van der Waals surface area contributed by atoms with Crippen molar-refractivity contribution >= 4 is 81.5 Å². The molecule has 21 heavy (non-hydrogen) atoms. The van der Waals surface area contributed by atoms with Crippen LogP contribution in [0, 0.1) is 5.41 Å². The Bertz CT molecular complexity index is 338. The second-order valence-electron chi connectivity index (χ2n) is 4.17. The smallest absolute Gasteiger partial charge is 0.323 e. The first-order chi connectivity index (χ1) is 9.38. The maximum absolute atomic E-state index is 12.1. The average Bonchev–Trinajstić information content (AvgIpc) is 2.34. The van der Waals surface area contributed by atoms with E-state index in [1.807, 2.05) is 0 Å². The molecular weight excluding hydrogens is 409 g/mol. The number of ether oxygens (including phenoxy) is 2. The molecule has 124 valence electrons. The first-order valence-corrected chi connectivity index (χ1v) is 8.12. The highest BCUT2D eigenvalue weighted by Gasteiger charge is 2.47. The summed E-state index contributed by atoms with van der Waals surface area (Å²) in [6.07, 6.45) is 0.252. The van der Waals surface area contributed by atoms with E-state index in [0.29, 0.717) is 0 Å². The van der Waals surface area contributed by atoms with E-state index in [1.54, 1.807) is 13.8 Å². The zero-order valence-electron chi connectivity index (χ0n) is 11.2. The minimum Gasteiger partial charge on any atom is -0.460 e. The molecule has 0 radical (unpaired) electrons. The molecule has 0 atom stereocenters.